The summed E-state index contributed by atoms with van der Waals surface area (Å²) in [5, 5.41) is 22.4. The lowest BCUT2D eigenvalue weighted by Crippen LogP contribution is -2.43. The second kappa shape index (κ2) is 9.91. The van der Waals surface area contributed by atoms with Crippen molar-refractivity contribution in [2.75, 3.05) is 32.8 Å². The molecule has 28 heavy (non-hydrogen) atoms. The Morgan fingerprint density at radius 2 is 2.07 bits per heavy atom. The molecule has 8 heteroatoms. The van der Waals surface area contributed by atoms with Crippen molar-refractivity contribution in [2.24, 2.45) is 4.99 Å². The predicted molar refractivity (Wildman–Crippen MR) is 111 cm³/mol. The second-order valence-corrected chi connectivity index (χ2v) is 7.40. The third kappa shape index (κ3) is 5.70. The minimum atomic E-state index is -0.793. The van der Waals surface area contributed by atoms with E-state index in [4.69, 9.17) is 16.3 Å². The molecule has 1 aliphatic rings. The van der Waals surface area contributed by atoms with Gasteiger partial charge in [0.05, 0.1) is 18.2 Å². The first-order chi connectivity index (χ1) is 13.6. The van der Waals surface area contributed by atoms with Crippen LogP contribution in [0.25, 0.3) is 0 Å². The lowest BCUT2D eigenvalue weighted by molar-refractivity contribution is -0.0565. The number of ether oxygens (including phenoxy) is 1. The highest BCUT2D eigenvalue weighted by Gasteiger charge is 2.29. The monoisotopic (exact) mass is 405 g/mol. The zero-order chi connectivity index (χ0) is 19.8. The Balaban J connectivity index is 1.70. The lowest BCUT2D eigenvalue weighted by Gasteiger charge is -2.30. The normalized spacial score (nSPS) is 17.9. The zero-order valence-electron chi connectivity index (χ0n) is 16.1. The Labute approximate surface area is 170 Å². The molecular formula is C20H28ClN5O2. The highest BCUT2D eigenvalue weighted by atomic mass is 35.5. The van der Waals surface area contributed by atoms with Gasteiger partial charge in [0.2, 0.25) is 0 Å². The smallest absolute Gasteiger partial charge is 0.191 e. The summed E-state index contributed by atoms with van der Waals surface area (Å²) in [7, 11) is 0. The highest BCUT2D eigenvalue weighted by Crippen LogP contribution is 2.21. The van der Waals surface area contributed by atoms with Crippen LogP contribution in [0, 0.1) is 0 Å². The molecule has 1 atom stereocenters. The summed E-state index contributed by atoms with van der Waals surface area (Å²) >= 11 is 6.04. The fourth-order valence-corrected chi connectivity index (χ4v) is 3.31. The number of aromatic nitrogens is 2. The van der Waals surface area contributed by atoms with Gasteiger partial charge >= 0.3 is 0 Å². The molecule has 2 heterocycles. The molecule has 1 aliphatic heterocycles. The van der Waals surface area contributed by atoms with E-state index in [1.54, 1.807) is 6.20 Å². The molecule has 152 valence electrons. The molecule has 1 unspecified atom stereocenters. The molecule has 0 aliphatic carbocycles. The van der Waals surface area contributed by atoms with Gasteiger partial charge in [-0.05, 0) is 30.7 Å². The van der Waals surface area contributed by atoms with Crippen LogP contribution < -0.4 is 10.6 Å². The summed E-state index contributed by atoms with van der Waals surface area (Å²) in [6, 6.07) is 9.67. The van der Waals surface area contributed by atoms with E-state index in [0.29, 0.717) is 50.1 Å². The minimum Gasteiger partial charge on any atom is -0.388 e. The van der Waals surface area contributed by atoms with E-state index in [9.17, 15) is 5.11 Å². The largest absolute Gasteiger partial charge is 0.388 e. The maximum absolute atomic E-state index is 10.7. The van der Waals surface area contributed by atoms with E-state index < -0.39 is 5.60 Å². The molecular weight excluding hydrogens is 378 g/mol. The van der Waals surface area contributed by atoms with E-state index in [2.05, 4.69) is 20.7 Å². The van der Waals surface area contributed by atoms with Crippen LogP contribution in [-0.2, 0) is 4.74 Å². The molecule has 1 aromatic carbocycles. The number of aliphatic imine (C=N–C) groups is 1. The van der Waals surface area contributed by atoms with Crippen molar-refractivity contribution < 1.29 is 9.84 Å². The summed E-state index contributed by atoms with van der Waals surface area (Å²) in [4.78, 5) is 4.61. The maximum atomic E-state index is 10.7. The lowest BCUT2D eigenvalue weighted by atomic mass is 9.95. The summed E-state index contributed by atoms with van der Waals surface area (Å²) in [5.41, 5.74) is 0.303. The van der Waals surface area contributed by atoms with E-state index in [1.807, 2.05) is 48.1 Å². The number of hydrogen-bond acceptors (Lipinski definition) is 4. The first-order valence-corrected chi connectivity index (χ1v) is 10.0. The van der Waals surface area contributed by atoms with Crippen molar-refractivity contribution in [2.45, 2.75) is 31.4 Å². The summed E-state index contributed by atoms with van der Waals surface area (Å²) in [6.45, 7) is 4.85. The molecule has 7 nitrogen and oxygen atoms in total. The van der Waals surface area contributed by atoms with Crippen LogP contribution in [0.1, 0.15) is 31.4 Å². The van der Waals surface area contributed by atoms with Gasteiger partial charge in [0, 0.05) is 56.6 Å². The number of guanidine groups is 1. The third-order valence-corrected chi connectivity index (χ3v) is 5.11. The van der Waals surface area contributed by atoms with Gasteiger partial charge in [0.15, 0.2) is 5.96 Å². The fraction of sp³-hybridized carbons (Fsp3) is 0.500. The molecule has 1 fully saturated rings. The Bertz CT molecular complexity index is 742. The van der Waals surface area contributed by atoms with E-state index in [0.717, 1.165) is 12.1 Å². The van der Waals surface area contributed by atoms with Gasteiger partial charge in [-0.25, -0.2) is 0 Å². The topological polar surface area (TPSA) is 83.7 Å². The fourth-order valence-electron chi connectivity index (χ4n) is 3.18. The van der Waals surface area contributed by atoms with Crippen LogP contribution in [0.5, 0.6) is 0 Å². The van der Waals surface area contributed by atoms with Crippen molar-refractivity contribution in [1.29, 1.82) is 0 Å². The second-order valence-electron chi connectivity index (χ2n) is 6.97. The van der Waals surface area contributed by atoms with Gasteiger partial charge < -0.3 is 20.5 Å². The quantitative estimate of drug-likeness (QED) is 0.486. The number of rotatable bonds is 7. The Morgan fingerprint density at radius 3 is 2.71 bits per heavy atom. The predicted octanol–water partition coefficient (Wildman–Crippen LogP) is 2.22. The van der Waals surface area contributed by atoms with Gasteiger partial charge in [-0.1, -0.05) is 23.7 Å². The van der Waals surface area contributed by atoms with Crippen molar-refractivity contribution in [3.63, 3.8) is 0 Å². The van der Waals surface area contributed by atoms with Gasteiger partial charge in [-0.3, -0.25) is 9.67 Å². The van der Waals surface area contributed by atoms with Crippen LogP contribution in [-0.4, -0.2) is 59.3 Å². The number of halogens is 1. The molecule has 2 aromatic rings. The first-order valence-electron chi connectivity index (χ1n) is 9.66. The molecule has 0 saturated carbocycles. The van der Waals surface area contributed by atoms with Gasteiger partial charge in [0.1, 0.15) is 0 Å². The Hall–Kier alpha value is -2.09. The van der Waals surface area contributed by atoms with Crippen LogP contribution in [0.3, 0.4) is 0 Å². The Morgan fingerprint density at radius 1 is 1.32 bits per heavy atom. The number of nitrogens with one attached hydrogen (secondary N) is 2. The average molecular weight is 406 g/mol. The molecule has 0 bridgehead atoms. The molecule has 0 radical (unpaired) electrons. The van der Waals surface area contributed by atoms with Gasteiger partial charge in [0.25, 0.3) is 0 Å². The number of aliphatic hydroxyl groups is 1. The van der Waals surface area contributed by atoms with Crippen LogP contribution in [0.4, 0.5) is 0 Å². The maximum Gasteiger partial charge on any atom is 0.191 e. The van der Waals surface area contributed by atoms with Crippen LogP contribution in [0.15, 0.2) is 47.7 Å². The van der Waals surface area contributed by atoms with Gasteiger partial charge in [-0.15, -0.1) is 0 Å². The first kappa shape index (κ1) is 20.6. The molecule has 0 amide bonds. The SMILES string of the molecule is CCNC(=NCC1(O)CCOCC1)NCC(c1ccc(Cl)cc1)n1cccn1. The summed E-state index contributed by atoms with van der Waals surface area (Å²) < 4.78 is 7.25. The summed E-state index contributed by atoms with van der Waals surface area (Å²) in [5.74, 6) is 0.675. The van der Waals surface area contributed by atoms with Gasteiger partial charge in [-0.2, -0.15) is 5.10 Å². The van der Waals surface area contributed by atoms with E-state index in [-0.39, 0.29) is 6.04 Å². The van der Waals surface area contributed by atoms with Crippen LogP contribution >= 0.6 is 11.6 Å². The standard InChI is InChI=1S/C20H28ClN5O2/c1-2-22-19(24-15-20(27)8-12-28-13-9-20)23-14-18(26-11-3-10-25-26)16-4-6-17(21)7-5-16/h3-7,10-11,18,27H,2,8-9,12-15H2,1H3,(H2,22,23,24). The minimum absolute atomic E-state index is 0.0118. The Kier molecular flexibility index (Phi) is 7.30. The van der Waals surface area contributed by atoms with Crippen molar-refractivity contribution in [3.8, 4) is 0 Å². The average Bonchev–Trinajstić information content (AvgIpc) is 3.22. The molecule has 1 saturated heterocycles. The molecule has 3 rings (SSSR count). The van der Waals surface area contributed by atoms with Crippen molar-refractivity contribution >= 4 is 17.6 Å². The summed E-state index contributed by atoms with van der Waals surface area (Å²) in [6.07, 6.45) is 4.92. The third-order valence-electron chi connectivity index (χ3n) is 4.86. The number of hydrogen-bond donors (Lipinski definition) is 3. The number of benzene rings is 1. The molecule has 3 N–H and O–H groups in total. The highest BCUT2D eigenvalue weighted by molar-refractivity contribution is 6.30. The van der Waals surface area contributed by atoms with Crippen molar-refractivity contribution in [3.05, 3.63) is 53.3 Å². The van der Waals surface area contributed by atoms with E-state index in [1.165, 1.54) is 0 Å². The molecule has 0 spiro atoms. The number of nitrogens with zero attached hydrogens (tertiary/aromatic N) is 3. The zero-order valence-corrected chi connectivity index (χ0v) is 16.9. The van der Waals surface area contributed by atoms with Crippen molar-refractivity contribution in [1.82, 2.24) is 20.4 Å². The van der Waals surface area contributed by atoms with Crippen LogP contribution in [0.2, 0.25) is 5.02 Å². The molecule has 1 aromatic heterocycles. The van der Waals surface area contributed by atoms with E-state index >= 15 is 0 Å².